The Kier molecular flexibility index (Phi) is 12.9. The summed E-state index contributed by atoms with van der Waals surface area (Å²) in [6.07, 6.45) is 5.67. The molecule has 1 aliphatic carbocycles. The molecule has 4 aliphatic heterocycles. The number of hydrogen-bond donors (Lipinski definition) is 2. The van der Waals surface area contributed by atoms with Crippen molar-refractivity contribution in [3.63, 3.8) is 0 Å². The first-order valence-electron chi connectivity index (χ1n) is 19.8. The molecule has 0 aromatic heterocycles. The summed E-state index contributed by atoms with van der Waals surface area (Å²) in [6.45, 7) is 12.3. The molecular weight excluding hydrogens is 710 g/mol. The van der Waals surface area contributed by atoms with Gasteiger partial charge < -0.3 is 39.2 Å². The van der Waals surface area contributed by atoms with Crippen molar-refractivity contribution in [2.75, 3.05) is 52.6 Å². The van der Waals surface area contributed by atoms with Crippen LogP contribution in [0, 0.1) is 5.92 Å². The molecule has 3 fully saturated rings. The molecule has 0 bridgehead atoms. The van der Waals surface area contributed by atoms with Gasteiger partial charge in [-0.15, -0.1) is 0 Å². The molecule has 2 saturated heterocycles. The minimum absolute atomic E-state index is 0.0177. The number of esters is 1. The number of amides is 4. The molecule has 4 heterocycles. The molecule has 1 aromatic rings. The Morgan fingerprint density at radius 1 is 1.05 bits per heavy atom. The highest BCUT2D eigenvalue weighted by atomic mass is 16.6. The number of carbonyl (C=O) groups is 5. The fourth-order valence-electron chi connectivity index (χ4n) is 7.77. The van der Waals surface area contributed by atoms with Crippen LogP contribution in [0.2, 0.25) is 0 Å². The number of carbonyl (C=O) groups excluding carboxylic acids is 5. The van der Waals surface area contributed by atoms with Crippen LogP contribution in [0.5, 0.6) is 5.75 Å². The molecule has 5 aliphatic rings. The zero-order valence-corrected chi connectivity index (χ0v) is 32.6. The fourth-order valence-corrected chi connectivity index (χ4v) is 7.77. The van der Waals surface area contributed by atoms with Gasteiger partial charge in [-0.3, -0.25) is 19.4 Å². The summed E-state index contributed by atoms with van der Waals surface area (Å²) < 4.78 is 28.3. The average molecular weight is 768 g/mol. The number of fused-ring (bicyclic) bond motifs is 3. The van der Waals surface area contributed by atoms with E-state index in [1.54, 1.807) is 32.6 Å². The van der Waals surface area contributed by atoms with Gasteiger partial charge in [-0.25, -0.2) is 14.4 Å². The van der Waals surface area contributed by atoms with E-state index in [0.717, 1.165) is 69.0 Å². The number of nitrogens with zero attached hydrogens (tertiary/aromatic N) is 3. The van der Waals surface area contributed by atoms with Crippen molar-refractivity contribution in [1.82, 2.24) is 25.3 Å². The Bertz CT molecular complexity index is 1610. The average Bonchev–Trinajstić information content (AvgIpc) is 3.43. The SMILES string of the molecule is CCOC(=O)[C@@]12C[C@H]1/C=C\CCCCC[C@H](NC(=O)OC(C)(C)C)C(=O)N1C[C@H](OC(=O)N3Cc4ccc(OCCN5CCOCC5)cc4C3)C[C@H]1C(=O)N2. The van der Waals surface area contributed by atoms with Crippen LogP contribution in [-0.2, 0) is 46.4 Å². The smallest absolute Gasteiger partial charge is 0.410 e. The summed E-state index contributed by atoms with van der Waals surface area (Å²) in [5.74, 6) is -1.06. The highest BCUT2D eigenvalue weighted by Crippen LogP contribution is 2.46. The van der Waals surface area contributed by atoms with Crippen LogP contribution in [0.25, 0.3) is 0 Å². The molecular formula is C40H57N5O10. The van der Waals surface area contributed by atoms with Crippen LogP contribution in [0.1, 0.15) is 83.8 Å². The third-order valence-electron chi connectivity index (χ3n) is 10.8. The molecule has 2 N–H and O–H groups in total. The Labute approximate surface area is 323 Å². The van der Waals surface area contributed by atoms with E-state index >= 15 is 0 Å². The standard InChI is InChI=1S/C40H57N5O10/c1-5-52-36(48)40-23-29(40)11-9-7-6-8-10-12-32(41-37(49)55-39(2,3)4)35(47)45-26-31(22-33(45)34(46)42-40)54-38(50)44-24-27-13-14-30(21-28(27)25-44)53-20-17-43-15-18-51-19-16-43/h9,11,13-14,21,29,31-33H,5-8,10,12,15-20,22-26H2,1-4H3,(H,41,49)(H,42,46)/b11-9-/t29-,31-,32+,33+,40-/m1/s1. The summed E-state index contributed by atoms with van der Waals surface area (Å²) in [4.78, 5) is 73.6. The van der Waals surface area contributed by atoms with Gasteiger partial charge in [-0.2, -0.15) is 0 Å². The topological polar surface area (TPSA) is 165 Å². The molecule has 4 amide bonds. The number of rotatable bonds is 8. The predicted octanol–water partition coefficient (Wildman–Crippen LogP) is 3.67. The lowest BCUT2D eigenvalue weighted by atomic mass is 10.0. The van der Waals surface area contributed by atoms with Crippen molar-refractivity contribution in [2.45, 2.75) is 115 Å². The summed E-state index contributed by atoms with van der Waals surface area (Å²) in [6, 6.07) is 3.77. The van der Waals surface area contributed by atoms with Crippen LogP contribution in [0.3, 0.4) is 0 Å². The van der Waals surface area contributed by atoms with Gasteiger partial charge in [0.05, 0.1) is 26.4 Å². The van der Waals surface area contributed by atoms with Crippen LogP contribution in [0.15, 0.2) is 30.4 Å². The van der Waals surface area contributed by atoms with E-state index in [4.69, 9.17) is 23.7 Å². The molecule has 0 unspecified atom stereocenters. The summed E-state index contributed by atoms with van der Waals surface area (Å²) in [7, 11) is 0. The van der Waals surface area contributed by atoms with E-state index in [1.165, 1.54) is 4.90 Å². The maximum Gasteiger partial charge on any atom is 0.410 e. The maximum absolute atomic E-state index is 14.4. The van der Waals surface area contributed by atoms with E-state index in [-0.39, 0.29) is 25.5 Å². The van der Waals surface area contributed by atoms with Crippen LogP contribution >= 0.6 is 0 Å². The first kappa shape index (κ1) is 40.3. The van der Waals surface area contributed by atoms with Crippen molar-refractivity contribution < 1.29 is 47.7 Å². The zero-order valence-electron chi connectivity index (χ0n) is 32.6. The molecule has 302 valence electrons. The number of nitrogens with one attached hydrogen (secondary N) is 2. The summed E-state index contributed by atoms with van der Waals surface area (Å²) >= 11 is 0. The van der Waals surface area contributed by atoms with Crippen LogP contribution in [0.4, 0.5) is 9.59 Å². The molecule has 0 spiro atoms. The number of benzene rings is 1. The van der Waals surface area contributed by atoms with Gasteiger partial charge in [-0.05, 0) is 76.6 Å². The Morgan fingerprint density at radius 3 is 2.60 bits per heavy atom. The molecule has 15 nitrogen and oxygen atoms in total. The number of hydrogen-bond acceptors (Lipinski definition) is 11. The fraction of sp³-hybridized carbons (Fsp3) is 0.675. The van der Waals surface area contributed by atoms with E-state index in [9.17, 15) is 24.0 Å². The zero-order chi connectivity index (χ0) is 39.2. The summed E-state index contributed by atoms with van der Waals surface area (Å²) in [5.41, 5.74) is -0.0837. The van der Waals surface area contributed by atoms with Gasteiger partial charge in [0.1, 0.15) is 41.7 Å². The Balaban J connectivity index is 1.15. The summed E-state index contributed by atoms with van der Waals surface area (Å²) in [5, 5.41) is 5.68. The van der Waals surface area contributed by atoms with Gasteiger partial charge >= 0.3 is 18.2 Å². The quantitative estimate of drug-likeness (QED) is 0.225. The minimum atomic E-state index is -1.24. The van der Waals surface area contributed by atoms with Gasteiger partial charge in [0.15, 0.2) is 0 Å². The van der Waals surface area contributed by atoms with Crippen molar-refractivity contribution in [3.8, 4) is 5.75 Å². The lowest BCUT2D eigenvalue weighted by Crippen LogP contribution is -2.56. The molecule has 5 atom stereocenters. The van der Waals surface area contributed by atoms with Gasteiger partial charge in [-0.1, -0.05) is 31.1 Å². The van der Waals surface area contributed by atoms with Crippen LogP contribution < -0.4 is 15.4 Å². The maximum atomic E-state index is 14.4. The molecule has 15 heteroatoms. The van der Waals surface area contributed by atoms with Crippen molar-refractivity contribution in [2.24, 2.45) is 5.92 Å². The second-order valence-electron chi connectivity index (χ2n) is 16.1. The normalized spacial score (nSPS) is 28.0. The van der Waals surface area contributed by atoms with Crippen molar-refractivity contribution >= 4 is 30.0 Å². The van der Waals surface area contributed by atoms with E-state index in [2.05, 4.69) is 15.5 Å². The highest BCUT2D eigenvalue weighted by Gasteiger charge is 2.62. The molecule has 55 heavy (non-hydrogen) atoms. The molecule has 6 rings (SSSR count). The largest absolute Gasteiger partial charge is 0.492 e. The first-order chi connectivity index (χ1) is 26.3. The van der Waals surface area contributed by atoms with E-state index in [1.807, 2.05) is 30.4 Å². The molecule has 0 radical (unpaired) electrons. The number of ether oxygens (including phenoxy) is 5. The lowest BCUT2D eigenvalue weighted by molar-refractivity contribution is -0.150. The van der Waals surface area contributed by atoms with Crippen molar-refractivity contribution in [1.29, 1.82) is 0 Å². The number of allylic oxidation sites excluding steroid dienone is 1. The van der Waals surface area contributed by atoms with Gasteiger partial charge in [0.2, 0.25) is 11.8 Å². The Hall–Kier alpha value is -4.37. The number of morpholine rings is 1. The highest BCUT2D eigenvalue weighted by molar-refractivity contribution is 5.96. The van der Waals surface area contributed by atoms with Gasteiger partial charge in [0, 0.05) is 45.1 Å². The molecule has 1 aromatic carbocycles. The second-order valence-corrected chi connectivity index (χ2v) is 16.1. The first-order valence-corrected chi connectivity index (χ1v) is 19.8. The lowest BCUT2D eigenvalue weighted by Gasteiger charge is -2.30. The number of alkyl carbamates (subject to hydrolysis) is 1. The third kappa shape index (κ3) is 10.3. The van der Waals surface area contributed by atoms with E-state index in [0.29, 0.717) is 39.0 Å². The third-order valence-corrected chi connectivity index (χ3v) is 10.8. The minimum Gasteiger partial charge on any atom is -0.492 e. The van der Waals surface area contributed by atoms with Crippen molar-refractivity contribution in [3.05, 3.63) is 41.5 Å². The predicted molar refractivity (Wildman–Crippen MR) is 200 cm³/mol. The van der Waals surface area contributed by atoms with Gasteiger partial charge in [0.25, 0.3) is 0 Å². The van der Waals surface area contributed by atoms with Crippen LogP contribution in [-0.4, -0.2) is 127 Å². The molecule has 1 saturated carbocycles. The Morgan fingerprint density at radius 2 is 1.84 bits per heavy atom. The monoisotopic (exact) mass is 767 g/mol. The van der Waals surface area contributed by atoms with E-state index < -0.39 is 59.3 Å². The second kappa shape index (κ2) is 17.6.